The molecule has 4 nitrogen and oxygen atoms in total. The molecule has 0 aliphatic heterocycles. The van der Waals surface area contributed by atoms with Gasteiger partial charge in [-0.15, -0.1) is 11.3 Å². The molecule has 0 saturated heterocycles. The van der Waals surface area contributed by atoms with E-state index >= 15 is 0 Å². The van der Waals surface area contributed by atoms with Gasteiger partial charge in [-0.05, 0) is 18.5 Å². The van der Waals surface area contributed by atoms with Crippen LogP contribution in [0.2, 0.25) is 0 Å². The number of benzene rings is 1. The number of fused-ring (bicyclic) bond motifs is 1. The van der Waals surface area contributed by atoms with E-state index in [1.165, 1.54) is 5.56 Å². The predicted octanol–water partition coefficient (Wildman–Crippen LogP) is 2.74. The number of nitrogens with zero attached hydrogens (tertiary/aromatic N) is 2. The summed E-state index contributed by atoms with van der Waals surface area (Å²) in [5.74, 6) is 0.712. The van der Waals surface area contributed by atoms with Gasteiger partial charge in [0.1, 0.15) is 5.69 Å². The zero-order chi connectivity index (χ0) is 13.8. The fraction of sp³-hybridized carbons (Fsp3) is 0.267. The Hall–Kier alpha value is -1.85. The Kier molecular flexibility index (Phi) is 3.99. The molecule has 0 fully saturated rings. The first kappa shape index (κ1) is 13.1. The summed E-state index contributed by atoms with van der Waals surface area (Å²) in [6.07, 6.45) is 3.05. The Labute approximate surface area is 122 Å². The van der Waals surface area contributed by atoms with Crippen LogP contribution in [0.15, 0.2) is 41.9 Å². The van der Waals surface area contributed by atoms with Gasteiger partial charge in [-0.3, -0.25) is 4.40 Å². The number of hydrogen-bond acceptors (Lipinski definition) is 4. The average Bonchev–Trinajstić information content (AvgIpc) is 3.06. The fourth-order valence-electron chi connectivity index (χ4n) is 2.22. The van der Waals surface area contributed by atoms with E-state index in [2.05, 4.69) is 39.0 Å². The summed E-state index contributed by atoms with van der Waals surface area (Å²) in [5, 5.41) is 5.49. The standard InChI is InChI=1S/C15H17N3OS/c1-19-14-13(18-9-10-20-15(18)17-14)11-16-8-7-12-5-3-2-4-6-12/h2-6,9-10,16H,7-8,11H2,1H3. The van der Waals surface area contributed by atoms with Gasteiger partial charge in [-0.1, -0.05) is 30.3 Å². The monoisotopic (exact) mass is 287 g/mol. The summed E-state index contributed by atoms with van der Waals surface area (Å²) in [7, 11) is 1.67. The van der Waals surface area contributed by atoms with Gasteiger partial charge in [0, 0.05) is 18.1 Å². The second-order valence-electron chi connectivity index (χ2n) is 4.54. The van der Waals surface area contributed by atoms with E-state index in [1.54, 1.807) is 18.4 Å². The summed E-state index contributed by atoms with van der Waals surface area (Å²) >= 11 is 1.62. The Morgan fingerprint density at radius 2 is 2.15 bits per heavy atom. The first-order valence-corrected chi connectivity index (χ1v) is 7.49. The maximum absolute atomic E-state index is 5.34. The maximum Gasteiger partial charge on any atom is 0.237 e. The van der Waals surface area contributed by atoms with Crippen molar-refractivity contribution in [1.29, 1.82) is 0 Å². The highest BCUT2D eigenvalue weighted by Crippen LogP contribution is 2.22. The zero-order valence-electron chi connectivity index (χ0n) is 11.4. The Morgan fingerprint density at radius 1 is 1.30 bits per heavy atom. The fourth-order valence-corrected chi connectivity index (χ4v) is 2.95. The summed E-state index contributed by atoms with van der Waals surface area (Å²) in [6.45, 7) is 1.69. The van der Waals surface area contributed by atoms with Gasteiger partial charge >= 0.3 is 0 Å². The largest absolute Gasteiger partial charge is 0.480 e. The molecule has 1 aromatic carbocycles. The van der Waals surface area contributed by atoms with Crippen molar-refractivity contribution in [3.8, 4) is 5.88 Å². The minimum atomic E-state index is 0.712. The molecule has 0 radical (unpaired) electrons. The highest BCUT2D eigenvalue weighted by molar-refractivity contribution is 7.15. The van der Waals surface area contributed by atoms with Gasteiger partial charge in [-0.2, -0.15) is 4.98 Å². The lowest BCUT2D eigenvalue weighted by Crippen LogP contribution is -2.18. The molecule has 3 rings (SSSR count). The number of thiazole rings is 1. The van der Waals surface area contributed by atoms with E-state index in [1.807, 2.05) is 17.6 Å². The van der Waals surface area contributed by atoms with Crippen LogP contribution < -0.4 is 10.1 Å². The van der Waals surface area contributed by atoms with Crippen LogP contribution >= 0.6 is 11.3 Å². The summed E-state index contributed by atoms with van der Waals surface area (Å²) in [4.78, 5) is 5.42. The molecule has 0 aliphatic carbocycles. The number of imidazole rings is 1. The molecule has 104 valence electrons. The summed E-state index contributed by atoms with van der Waals surface area (Å²) < 4.78 is 7.42. The second-order valence-corrected chi connectivity index (χ2v) is 5.41. The molecule has 1 N–H and O–H groups in total. The highest BCUT2D eigenvalue weighted by Gasteiger charge is 2.12. The van der Waals surface area contributed by atoms with Crippen LogP contribution in [0.4, 0.5) is 0 Å². The molecule has 20 heavy (non-hydrogen) atoms. The lowest BCUT2D eigenvalue weighted by atomic mass is 10.1. The van der Waals surface area contributed by atoms with Crippen molar-refractivity contribution < 1.29 is 4.74 Å². The molecule has 0 unspecified atom stereocenters. The first-order chi connectivity index (χ1) is 9.88. The van der Waals surface area contributed by atoms with Crippen molar-refractivity contribution in [3.05, 3.63) is 53.2 Å². The molecule has 0 bridgehead atoms. The number of aromatic nitrogens is 2. The number of ether oxygens (including phenoxy) is 1. The van der Waals surface area contributed by atoms with E-state index in [9.17, 15) is 0 Å². The Balaban J connectivity index is 1.61. The van der Waals surface area contributed by atoms with Crippen LogP contribution in [0, 0.1) is 0 Å². The number of rotatable bonds is 6. The molecule has 0 amide bonds. The molecule has 2 aromatic heterocycles. The second kappa shape index (κ2) is 6.07. The van der Waals surface area contributed by atoms with E-state index in [-0.39, 0.29) is 0 Å². The minimum absolute atomic E-state index is 0.712. The van der Waals surface area contributed by atoms with Crippen molar-refractivity contribution in [2.45, 2.75) is 13.0 Å². The number of hydrogen-bond donors (Lipinski definition) is 1. The van der Waals surface area contributed by atoms with Crippen molar-refractivity contribution in [2.75, 3.05) is 13.7 Å². The van der Waals surface area contributed by atoms with E-state index in [4.69, 9.17) is 4.74 Å². The van der Waals surface area contributed by atoms with Gasteiger partial charge in [0.15, 0.2) is 4.96 Å². The third-order valence-corrected chi connectivity index (χ3v) is 4.00. The van der Waals surface area contributed by atoms with Crippen molar-refractivity contribution >= 4 is 16.3 Å². The SMILES string of the molecule is COc1nc2sccn2c1CNCCc1ccccc1. The van der Waals surface area contributed by atoms with Crippen LogP contribution in [-0.4, -0.2) is 23.0 Å². The molecule has 5 heteroatoms. The molecule has 0 aliphatic rings. The lowest BCUT2D eigenvalue weighted by molar-refractivity contribution is 0.393. The predicted molar refractivity (Wildman–Crippen MR) is 81.5 cm³/mol. The highest BCUT2D eigenvalue weighted by atomic mass is 32.1. The average molecular weight is 287 g/mol. The van der Waals surface area contributed by atoms with Crippen molar-refractivity contribution in [3.63, 3.8) is 0 Å². The smallest absolute Gasteiger partial charge is 0.237 e. The first-order valence-electron chi connectivity index (χ1n) is 6.61. The number of methoxy groups -OCH3 is 1. The van der Waals surface area contributed by atoms with E-state index < -0.39 is 0 Å². The van der Waals surface area contributed by atoms with Gasteiger partial charge in [0.05, 0.1) is 7.11 Å². The molecule has 3 aromatic rings. The summed E-state index contributed by atoms with van der Waals surface area (Å²) in [5.41, 5.74) is 2.43. The zero-order valence-corrected chi connectivity index (χ0v) is 12.2. The molecule has 0 atom stereocenters. The minimum Gasteiger partial charge on any atom is -0.480 e. The van der Waals surface area contributed by atoms with Gasteiger partial charge in [0.2, 0.25) is 5.88 Å². The van der Waals surface area contributed by atoms with Gasteiger partial charge < -0.3 is 10.1 Å². The molecule has 2 heterocycles. The van der Waals surface area contributed by atoms with Crippen LogP contribution in [0.3, 0.4) is 0 Å². The van der Waals surface area contributed by atoms with Crippen LogP contribution in [0.25, 0.3) is 4.96 Å². The third kappa shape index (κ3) is 2.69. The van der Waals surface area contributed by atoms with Crippen molar-refractivity contribution in [2.24, 2.45) is 0 Å². The van der Waals surface area contributed by atoms with E-state index in [0.29, 0.717) is 5.88 Å². The third-order valence-electron chi connectivity index (χ3n) is 3.24. The topological polar surface area (TPSA) is 38.6 Å². The quantitative estimate of drug-likeness (QED) is 0.709. The number of nitrogens with one attached hydrogen (secondary N) is 1. The maximum atomic E-state index is 5.34. The normalized spacial score (nSPS) is 11.1. The Morgan fingerprint density at radius 3 is 2.95 bits per heavy atom. The molecule has 0 spiro atoms. The molecular weight excluding hydrogens is 270 g/mol. The Bertz CT molecular complexity index is 675. The lowest BCUT2D eigenvalue weighted by Gasteiger charge is -2.06. The van der Waals surface area contributed by atoms with Crippen molar-refractivity contribution in [1.82, 2.24) is 14.7 Å². The molecular formula is C15H17N3OS. The van der Waals surface area contributed by atoms with Crippen LogP contribution in [-0.2, 0) is 13.0 Å². The van der Waals surface area contributed by atoms with Crippen LogP contribution in [0.5, 0.6) is 5.88 Å². The summed E-state index contributed by atoms with van der Waals surface area (Å²) in [6, 6.07) is 10.5. The van der Waals surface area contributed by atoms with Gasteiger partial charge in [-0.25, -0.2) is 0 Å². The van der Waals surface area contributed by atoms with E-state index in [0.717, 1.165) is 30.2 Å². The van der Waals surface area contributed by atoms with Crippen LogP contribution in [0.1, 0.15) is 11.3 Å². The van der Waals surface area contributed by atoms with Gasteiger partial charge in [0.25, 0.3) is 0 Å². The molecule has 0 saturated carbocycles.